The molecule has 4 heterocycles. The Balaban J connectivity index is 1.29. The first-order chi connectivity index (χ1) is 22.2. The summed E-state index contributed by atoms with van der Waals surface area (Å²) >= 11 is 8.17. The maximum atomic E-state index is 6.50. The van der Waals surface area contributed by atoms with Gasteiger partial charge in [0.25, 0.3) is 0 Å². The second-order valence-electron chi connectivity index (χ2n) is 10.6. The van der Waals surface area contributed by atoms with Crippen LogP contribution in [0.25, 0.3) is 87.7 Å². The number of thiophene rings is 1. The van der Waals surface area contributed by atoms with Crippen LogP contribution in [0.5, 0.6) is 0 Å². The molecule has 0 fully saturated rings. The minimum atomic E-state index is 0.214. The number of rotatable bonds is 4. The lowest BCUT2D eigenvalue weighted by Crippen LogP contribution is -2.00. The normalized spacial score (nSPS) is 11.7. The molecule has 9 aromatic rings. The fourth-order valence-electron chi connectivity index (χ4n) is 5.85. The predicted molar refractivity (Wildman–Crippen MR) is 182 cm³/mol. The van der Waals surface area contributed by atoms with E-state index in [1.165, 1.54) is 0 Å². The molecule has 0 aliphatic carbocycles. The Kier molecular flexibility index (Phi) is 5.94. The van der Waals surface area contributed by atoms with Crippen LogP contribution >= 0.6 is 22.9 Å². The quantitative estimate of drug-likeness (QED) is 0.183. The number of hydrogen-bond donors (Lipinski definition) is 0. The number of nitrogens with zero attached hydrogens (tertiary/aromatic N) is 5. The molecule has 0 radical (unpaired) electrons. The van der Waals surface area contributed by atoms with Crippen molar-refractivity contribution in [1.29, 1.82) is 0 Å². The fourth-order valence-corrected chi connectivity index (χ4v) is 7.17. The zero-order valence-corrected chi connectivity index (χ0v) is 25.0. The second-order valence-corrected chi connectivity index (χ2v) is 12.0. The first kappa shape index (κ1) is 25.9. The predicted octanol–water partition coefficient (Wildman–Crippen LogP) is 10.3. The molecule has 0 saturated heterocycles. The summed E-state index contributed by atoms with van der Waals surface area (Å²) in [6, 6.07) is 40.3. The van der Waals surface area contributed by atoms with Gasteiger partial charge in [-0.15, -0.1) is 11.3 Å². The molecule has 0 amide bonds. The number of benzene rings is 5. The van der Waals surface area contributed by atoms with Crippen molar-refractivity contribution in [2.45, 2.75) is 0 Å². The molecule has 45 heavy (non-hydrogen) atoms. The van der Waals surface area contributed by atoms with Gasteiger partial charge in [0.1, 0.15) is 11.2 Å². The number of fused-ring (bicyclic) bond motifs is 6. The van der Waals surface area contributed by atoms with Crippen LogP contribution in [-0.4, -0.2) is 24.9 Å². The van der Waals surface area contributed by atoms with Gasteiger partial charge in [-0.1, -0.05) is 91.0 Å². The van der Waals surface area contributed by atoms with E-state index in [1.54, 1.807) is 11.3 Å². The number of aromatic nitrogens is 5. The maximum Gasteiger partial charge on any atom is 0.223 e. The van der Waals surface area contributed by atoms with Gasteiger partial charge in [-0.3, -0.25) is 0 Å². The largest absolute Gasteiger partial charge is 0.456 e. The lowest BCUT2D eigenvalue weighted by Gasteiger charge is -2.09. The summed E-state index contributed by atoms with van der Waals surface area (Å²) in [6.45, 7) is 0. The fraction of sp³-hybridized carbons (Fsp3) is 0. The Hall–Kier alpha value is -5.50. The molecule has 0 aliphatic rings. The number of hydrogen-bond acceptors (Lipinski definition) is 7. The summed E-state index contributed by atoms with van der Waals surface area (Å²) in [5.41, 5.74) is 6.76. The van der Waals surface area contributed by atoms with Crippen molar-refractivity contribution in [3.63, 3.8) is 0 Å². The smallest absolute Gasteiger partial charge is 0.223 e. The van der Waals surface area contributed by atoms with Crippen LogP contribution in [0.4, 0.5) is 0 Å². The summed E-state index contributed by atoms with van der Waals surface area (Å²) in [5, 5.41) is 3.14. The third-order valence-electron chi connectivity index (χ3n) is 7.90. The van der Waals surface area contributed by atoms with Crippen molar-refractivity contribution in [2.24, 2.45) is 0 Å². The van der Waals surface area contributed by atoms with Crippen molar-refractivity contribution in [3.8, 4) is 45.4 Å². The van der Waals surface area contributed by atoms with Gasteiger partial charge in [-0.2, -0.15) is 0 Å². The number of furan rings is 1. The van der Waals surface area contributed by atoms with E-state index in [4.69, 9.17) is 36.0 Å². The molecule has 0 saturated carbocycles. The van der Waals surface area contributed by atoms with Gasteiger partial charge in [0, 0.05) is 43.1 Å². The Labute approximate surface area is 265 Å². The van der Waals surface area contributed by atoms with Crippen LogP contribution in [-0.2, 0) is 0 Å². The summed E-state index contributed by atoms with van der Waals surface area (Å²) in [5.74, 6) is 1.78. The van der Waals surface area contributed by atoms with Gasteiger partial charge in [-0.25, -0.2) is 24.9 Å². The van der Waals surface area contributed by atoms with E-state index in [9.17, 15) is 0 Å². The zero-order valence-electron chi connectivity index (χ0n) is 23.5. The standard InChI is InChI=1S/C37H20ClN5OS/c38-37-39-31(33-32(40-37)24-14-7-8-17-29(24)45-33)23-18-19-27-26(20-23)30-25(15-9-16-28(30)44-27)36-42-34(21-10-3-1-4-11-21)41-35(43-36)22-12-5-2-6-13-22/h1-20H. The summed E-state index contributed by atoms with van der Waals surface area (Å²) in [7, 11) is 0. The molecule has 8 heteroatoms. The lowest BCUT2D eigenvalue weighted by atomic mass is 10.0. The average Bonchev–Trinajstić information content (AvgIpc) is 3.66. The van der Waals surface area contributed by atoms with Crippen molar-refractivity contribution < 1.29 is 4.42 Å². The SMILES string of the molecule is Clc1nc(-c2ccc3oc4cccc(-c5nc(-c6ccccc6)nc(-c6ccccc6)n5)c4c3c2)c2sc3ccccc3c2n1. The van der Waals surface area contributed by atoms with Gasteiger partial charge >= 0.3 is 0 Å². The molecule has 0 aliphatic heterocycles. The lowest BCUT2D eigenvalue weighted by molar-refractivity contribution is 0.669. The molecule has 6 nitrogen and oxygen atoms in total. The first-order valence-electron chi connectivity index (χ1n) is 14.4. The van der Waals surface area contributed by atoms with E-state index < -0.39 is 0 Å². The molecule has 0 N–H and O–H groups in total. The third-order valence-corrected chi connectivity index (χ3v) is 9.24. The Bertz CT molecular complexity index is 2510. The van der Waals surface area contributed by atoms with Gasteiger partial charge in [0.2, 0.25) is 5.28 Å². The van der Waals surface area contributed by atoms with Crippen LogP contribution in [0.1, 0.15) is 0 Å². The van der Waals surface area contributed by atoms with Crippen LogP contribution in [0.2, 0.25) is 5.28 Å². The molecule has 0 unspecified atom stereocenters. The van der Waals surface area contributed by atoms with E-state index >= 15 is 0 Å². The minimum Gasteiger partial charge on any atom is -0.456 e. The molecular formula is C37H20ClN5OS. The van der Waals surface area contributed by atoms with E-state index in [0.29, 0.717) is 17.5 Å². The topological polar surface area (TPSA) is 77.6 Å². The van der Waals surface area contributed by atoms with Crippen molar-refractivity contribution in [2.75, 3.05) is 0 Å². The average molecular weight is 618 g/mol. The minimum absolute atomic E-state index is 0.214. The summed E-state index contributed by atoms with van der Waals surface area (Å²) in [4.78, 5) is 24.2. The van der Waals surface area contributed by atoms with Crippen LogP contribution in [0, 0.1) is 0 Å². The number of halogens is 1. The highest BCUT2D eigenvalue weighted by Crippen LogP contribution is 2.42. The maximum absolute atomic E-state index is 6.50. The first-order valence-corrected chi connectivity index (χ1v) is 15.6. The third kappa shape index (κ3) is 4.36. The molecule has 0 spiro atoms. The monoisotopic (exact) mass is 617 g/mol. The van der Waals surface area contributed by atoms with Crippen LogP contribution in [0.15, 0.2) is 126 Å². The molecule has 9 rings (SSSR count). The van der Waals surface area contributed by atoms with Crippen LogP contribution < -0.4 is 0 Å². The molecule has 0 bridgehead atoms. The molecule has 5 aromatic carbocycles. The van der Waals surface area contributed by atoms with E-state index in [2.05, 4.69) is 23.2 Å². The highest BCUT2D eigenvalue weighted by atomic mass is 35.5. The van der Waals surface area contributed by atoms with Gasteiger partial charge in [-0.05, 0) is 41.9 Å². The molecule has 4 aromatic heterocycles. The molecule has 212 valence electrons. The van der Waals surface area contributed by atoms with Gasteiger partial charge < -0.3 is 4.42 Å². The van der Waals surface area contributed by atoms with Crippen molar-refractivity contribution in [1.82, 2.24) is 24.9 Å². The van der Waals surface area contributed by atoms with Crippen molar-refractivity contribution in [3.05, 3.63) is 127 Å². The Morgan fingerprint density at radius 2 is 1.22 bits per heavy atom. The highest BCUT2D eigenvalue weighted by Gasteiger charge is 2.20. The summed E-state index contributed by atoms with van der Waals surface area (Å²) in [6.07, 6.45) is 0. The Morgan fingerprint density at radius 1 is 0.533 bits per heavy atom. The Morgan fingerprint density at radius 3 is 1.98 bits per heavy atom. The van der Waals surface area contributed by atoms with Crippen LogP contribution in [0.3, 0.4) is 0 Å². The van der Waals surface area contributed by atoms with Gasteiger partial charge in [0.05, 0.1) is 15.9 Å². The summed E-state index contributed by atoms with van der Waals surface area (Å²) < 4.78 is 8.50. The van der Waals surface area contributed by atoms with E-state index in [0.717, 1.165) is 70.2 Å². The van der Waals surface area contributed by atoms with Gasteiger partial charge in [0.15, 0.2) is 17.5 Å². The van der Waals surface area contributed by atoms with Crippen molar-refractivity contribution >= 4 is 65.2 Å². The zero-order chi connectivity index (χ0) is 29.9. The molecule has 0 atom stereocenters. The van der Waals surface area contributed by atoms with E-state index in [1.807, 2.05) is 103 Å². The second kappa shape index (κ2) is 10.3. The highest BCUT2D eigenvalue weighted by molar-refractivity contribution is 7.26. The van der Waals surface area contributed by atoms with E-state index in [-0.39, 0.29) is 5.28 Å². The molecular weight excluding hydrogens is 598 g/mol.